The minimum absolute atomic E-state index is 0.0134. The fourth-order valence-electron chi connectivity index (χ4n) is 3.62. The second-order valence-electron chi connectivity index (χ2n) is 7.49. The number of carbonyl (C=O) groups excluding carboxylic acids is 1. The van der Waals surface area contributed by atoms with Gasteiger partial charge in [0.25, 0.3) is 5.91 Å². The SMILES string of the molecule is CCCCC(CC)CN1C(=O)/C(=C/C2=Cc3cccc(OC)c3OC2C)SC1=S. The highest BCUT2D eigenvalue weighted by Gasteiger charge is 2.34. The van der Waals surface area contributed by atoms with Gasteiger partial charge in [0, 0.05) is 12.1 Å². The second kappa shape index (κ2) is 9.81. The van der Waals surface area contributed by atoms with Crippen LogP contribution in [-0.2, 0) is 4.79 Å². The number of fused-ring (bicyclic) bond motifs is 1. The molecule has 0 N–H and O–H groups in total. The van der Waals surface area contributed by atoms with Gasteiger partial charge in [-0.3, -0.25) is 9.69 Å². The Morgan fingerprint density at radius 2 is 2.17 bits per heavy atom. The van der Waals surface area contributed by atoms with Crippen molar-refractivity contribution in [3.8, 4) is 11.5 Å². The number of ether oxygens (including phenoxy) is 2. The molecule has 4 nitrogen and oxygen atoms in total. The molecule has 3 rings (SSSR count). The van der Waals surface area contributed by atoms with Gasteiger partial charge < -0.3 is 9.47 Å². The second-order valence-corrected chi connectivity index (χ2v) is 9.17. The van der Waals surface area contributed by atoms with Crippen molar-refractivity contribution >= 4 is 40.3 Å². The van der Waals surface area contributed by atoms with Gasteiger partial charge in [0.15, 0.2) is 11.5 Å². The van der Waals surface area contributed by atoms with Crippen LogP contribution >= 0.6 is 24.0 Å². The molecule has 1 amide bonds. The Morgan fingerprint density at radius 3 is 2.86 bits per heavy atom. The molecule has 2 aliphatic heterocycles. The highest BCUT2D eigenvalue weighted by Crippen LogP contribution is 2.40. The van der Waals surface area contributed by atoms with Gasteiger partial charge in [-0.1, -0.05) is 69.2 Å². The van der Waals surface area contributed by atoms with E-state index in [0.717, 1.165) is 29.7 Å². The van der Waals surface area contributed by atoms with Crippen LogP contribution in [0.15, 0.2) is 34.8 Å². The molecule has 2 heterocycles. The number of hydrogen-bond donors (Lipinski definition) is 0. The fraction of sp³-hybridized carbons (Fsp3) is 0.478. The number of hydrogen-bond acceptors (Lipinski definition) is 5. The van der Waals surface area contributed by atoms with E-state index in [1.54, 1.807) is 12.0 Å². The van der Waals surface area contributed by atoms with E-state index in [-0.39, 0.29) is 12.0 Å². The van der Waals surface area contributed by atoms with Gasteiger partial charge in [-0.05, 0) is 43.1 Å². The van der Waals surface area contributed by atoms with Gasteiger partial charge >= 0.3 is 0 Å². The third-order valence-electron chi connectivity index (χ3n) is 5.47. The number of methoxy groups -OCH3 is 1. The molecule has 2 unspecified atom stereocenters. The van der Waals surface area contributed by atoms with E-state index < -0.39 is 0 Å². The van der Waals surface area contributed by atoms with E-state index in [2.05, 4.69) is 19.9 Å². The predicted octanol–water partition coefficient (Wildman–Crippen LogP) is 5.82. The van der Waals surface area contributed by atoms with E-state index >= 15 is 0 Å². The number of unbranched alkanes of at least 4 members (excludes halogenated alkanes) is 1. The predicted molar refractivity (Wildman–Crippen MR) is 124 cm³/mol. The lowest BCUT2D eigenvalue weighted by Gasteiger charge is -2.24. The molecule has 0 bridgehead atoms. The van der Waals surface area contributed by atoms with Gasteiger partial charge in [-0.15, -0.1) is 0 Å². The van der Waals surface area contributed by atoms with Crippen LogP contribution in [0.3, 0.4) is 0 Å². The number of rotatable bonds is 8. The lowest BCUT2D eigenvalue weighted by molar-refractivity contribution is -0.122. The zero-order valence-electron chi connectivity index (χ0n) is 17.6. The Hall–Kier alpha value is -1.79. The van der Waals surface area contributed by atoms with Gasteiger partial charge in [-0.25, -0.2) is 0 Å². The summed E-state index contributed by atoms with van der Waals surface area (Å²) in [5, 5.41) is 0. The summed E-state index contributed by atoms with van der Waals surface area (Å²) in [5.74, 6) is 1.97. The largest absolute Gasteiger partial charge is 0.493 e. The Kier molecular flexibility index (Phi) is 7.41. The van der Waals surface area contributed by atoms with Crippen molar-refractivity contribution in [2.24, 2.45) is 5.92 Å². The van der Waals surface area contributed by atoms with Gasteiger partial charge in [0.1, 0.15) is 10.4 Å². The summed E-state index contributed by atoms with van der Waals surface area (Å²) in [6.07, 6.45) is 8.38. The van der Waals surface area contributed by atoms with Crippen LogP contribution < -0.4 is 9.47 Å². The maximum absolute atomic E-state index is 13.0. The maximum atomic E-state index is 13.0. The molecule has 1 saturated heterocycles. The summed E-state index contributed by atoms with van der Waals surface area (Å²) in [4.78, 5) is 15.5. The molecule has 156 valence electrons. The van der Waals surface area contributed by atoms with E-state index in [1.807, 2.05) is 31.2 Å². The molecule has 0 spiro atoms. The summed E-state index contributed by atoms with van der Waals surface area (Å²) in [5.41, 5.74) is 1.92. The van der Waals surface area contributed by atoms with Crippen molar-refractivity contribution < 1.29 is 14.3 Å². The molecule has 1 fully saturated rings. The van der Waals surface area contributed by atoms with Crippen molar-refractivity contribution in [1.29, 1.82) is 0 Å². The Bertz CT molecular complexity index is 847. The van der Waals surface area contributed by atoms with Gasteiger partial charge in [0.2, 0.25) is 0 Å². The van der Waals surface area contributed by atoms with Crippen molar-refractivity contribution in [3.05, 3.63) is 40.3 Å². The molecule has 2 atom stereocenters. The monoisotopic (exact) mass is 431 g/mol. The number of amides is 1. The molecule has 0 radical (unpaired) electrons. The van der Waals surface area contributed by atoms with Crippen molar-refractivity contribution in [2.45, 2.75) is 52.6 Å². The summed E-state index contributed by atoms with van der Waals surface area (Å²) < 4.78 is 12.1. The highest BCUT2D eigenvalue weighted by atomic mass is 32.2. The lowest BCUT2D eigenvalue weighted by atomic mass is 9.98. The summed E-state index contributed by atoms with van der Waals surface area (Å²) in [6.45, 7) is 7.08. The topological polar surface area (TPSA) is 38.8 Å². The zero-order valence-corrected chi connectivity index (χ0v) is 19.2. The first-order chi connectivity index (χ1) is 14.0. The van der Waals surface area contributed by atoms with Crippen LogP contribution in [0.25, 0.3) is 6.08 Å². The molecule has 0 aliphatic carbocycles. The van der Waals surface area contributed by atoms with E-state index in [1.165, 1.54) is 24.6 Å². The molecule has 2 aliphatic rings. The van der Waals surface area contributed by atoms with Crippen LogP contribution in [0, 0.1) is 5.92 Å². The molecular weight excluding hydrogens is 402 g/mol. The van der Waals surface area contributed by atoms with Gasteiger partial charge in [-0.2, -0.15) is 0 Å². The molecular formula is C23H29NO3S2. The number of thiocarbonyl (C=S) groups is 1. The van der Waals surface area contributed by atoms with E-state index in [0.29, 0.717) is 27.4 Å². The minimum Gasteiger partial charge on any atom is -0.493 e. The quantitative estimate of drug-likeness (QED) is 0.383. The maximum Gasteiger partial charge on any atom is 0.266 e. The molecule has 29 heavy (non-hydrogen) atoms. The highest BCUT2D eigenvalue weighted by molar-refractivity contribution is 8.26. The number of para-hydroxylation sites is 1. The van der Waals surface area contributed by atoms with Crippen LogP contribution in [0.4, 0.5) is 0 Å². The summed E-state index contributed by atoms with van der Waals surface area (Å²) in [6, 6.07) is 5.81. The van der Waals surface area contributed by atoms with E-state index in [4.69, 9.17) is 21.7 Å². The first-order valence-corrected chi connectivity index (χ1v) is 11.5. The number of carbonyl (C=O) groups is 1. The van der Waals surface area contributed by atoms with E-state index in [9.17, 15) is 4.79 Å². The standard InChI is InChI=1S/C23H29NO3S2/c1-5-7-9-16(6-2)14-24-22(25)20(29-23(24)28)13-18-12-17-10-8-11-19(26-4)21(17)27-15(18)3/h8,10-13,15-16H,5-7,9,14H2,1-4H3/b20-13-. The first-order valence-electron chi connectivity index (χ1n) is 10.3. The Morgan fingerprint density at radius 1 is 1.38 bits per heavy atom. The van der Waals surface area contributed by atoms with Crippen LogP contribution in [0.5, 0.6) is 11.5 Å². The smallest absolute Gasteiger partial charge is 0.266 e. The molecule has 6 heteroatoms. The third kappa shape index (κ3) is 4.86. The van der Waals surface area contributed by atoms with Crippen LogP contribution in [-0.4, -0.2) is 34.9 Å². The Balaban J connectivity index is 1.80. The van der Waals surface area contributed by atoms with Gasteiger partial charge in [0.05, 0.1) is 12.0 Å². The lowest BCUT2D eigenvalue weighted by Crippen LogP contribution is -2.33. The third-order valence-corrected chi connectivity index (χ3v) is 6.85. The summed E-state index contributed by atoms with van der Waals surface area (Å²) in [7, 11) is 1.64. The average Bonchev–Trinajstić information content (AvgIpc) is 2.98. The first kappa shape index (κ1) is 21.9. The molecule has 0 aromatic heterocycles. The minimum atomic E-state index is -0.171. The van der Waals surface area contributed by atoms with Crippen molar-refractivity contribution in [3.63, 3.8) is 0 Å². The number of benzene rings is 1. The Labute approximate surface area is 183 Å². The summed E-state index contributed by atoms with van der Waals surface area (Å²) >= 11 is 6.92. The van der Waals surface area contributed by atoms with Crippen molar-refractivity contribution in [1.82, 2.24) is 4.90 Å². The normalized spacial score (nSPS) is 21.1. The van der Waals surface area contributed by atoms with Crippen molar-refractivity contribution in [2.75, 3.05) is 13.7 Å². The molecule has 1 aromatic rings. The average molecular weight is 432 g/mol. The number of nitrogens with zero attached hydrogens (tertiary/aromatic N) is 1. The van der Waals surface area contributed by atoms with Crippen LogP contribution in [0.1, 0.15) is 52.0 Å². The zero-order chi connectivity index (χ0) is 21.0. The molecule has 0 saturated carbocycles. The van der Waals surface area contributed by atoms with Crippen LogP contribution in [0.2, 0.25) is 0 Å². The fourth-order valence-corrected chi connectivity index (χ4v) is 4.89. The molecule has 1 aromatic carbocycles. The number of thioether (sulfide) groups is 1.